The molecule has 0 N–H and O–H groups in total. The molecule has 0 aliphatic rings. The molecule has 0 bridgehead atoms. The average Bonchev–Trinajstić information content (AvgIpc) is 2.30. The Morgan fingerprint density at radius 2 is 2.35 bits per heavy atom. The minimum Gasteiger partial charge on any atom is -0.480 e. The minimum atomic E-state index is 0.357. The molecule has 0 aromatic carbocycles. The first-order valence-corrected chi connectivity index (χ1v) is 6.21. The van der Waals surface area contributed by atoms with Gasteiger partial charge in [-0.3, -0.25) is 0 Å². The maximum atomic E-state index is 5.81. The molecule has 6 heteroatoms. The molecule has 1 aromatic heterocycles. The number of halogens is 2. The van der Waals surface area contributed by atoms with Crippen molar-refractivity contribution >= 4 is 39.2 Å². The third-order valence-corrected chi connectivity index (χ3v) is 2.52. The highest BCUT2D eigenvalue weighted by Crippen LogP contribution is 2.23. The first-order chi connectivity index (χ1) is 8.06. The number of ether oxygens (including phenoxy) is 1. The normalized spacial score (nSPS) is 12.8. The fraction of sp³-hybridized carbons (Fsp3) is 0.364. The predicted octanol–water partition coefficient (Wildman–Crippen LogP) is 3.87. The lowest BCUT2D eigenvalue weighted by Crippen LogP contribution is -1.95. The van der Waals surface area contributed by atoms with Crippen molar-refractivity contribution in [1.29, 1.82) is 0 Å². The van der Waals surface area contributed by atoms with Gasteiger partial charge in [0.2, 0.25) is 5.88 Å². The zero-order valence-corrected chi connectivity index (χ0v) is 12.2. The Labute approximate surface area is 114 Å². The van der Waals surface area contributed by atoms with Crippen LogP contribution in [0.15, 0.2) is 26.8 Å². The van der Waals surface area contributed by atoms with Gasteiger partial charge in [-0.2, -0.15) is 4.98 Å². The molecular formula is C11H13BrClN3O. The van der Waals surface area contributed by atoms with E-state index in [1.165, 1.54) is 0 Å². The largest absolute Gasteiger partial charge is 0.480 e. The van der Waals surface area contributed by atoms with Crippen LogP contribution in [0.25, 0.3) is 0 Å². The van der Waals surface area contributed by atoms with Crippen LogP contribution in [0.3, 0.4) is 0 Å². The van der Waals surface area contributed by atoms with Crippen LogP contribution in [0.5, 0.6) is 5.88 Å². The Kier molecular flexibility index (Phi) is 5.58. The summed E-state index contributed by atoms with van der Waals surface area (Å²) in [4.78, 5) is 12.5. The number of aliphatic imine (C=N–C) groups is 1. The number of methoxy groups -OCH3 is 1. The van der Waals surface area contributed by atoms with E-state index in [0.717, 1.165) is 12.1 Å². The topological polar surface area (TPSA) is 47.4 Å². The second-order valence-corrected chi connectivity index (χ2v) is 4.67. The number of allylic oxidation sites excluding steroid dienone is 2. The molecule has 0 amide bonds. The van der Waals surface area contributed by atoms with Crippen molar-refractivity contribution in [3.8, 4) is 5.88 Å². The summed E-state index contributed by atoms with van der Waals surface area (Å²) in [7, 11) is 1.55. The van der Waals surface area contributed by atoms with Gasteiger partial charge in [0.15, 0.2) is 0 Å². The van der Waals surface area contributed by atoms with Crippen LogP contribution in [0.1, 0.15) is 20.3 Å². The molecular weight excluding hydrogens is 305 g/mol. The third kappa shape index (κ3) is 4.44. The molecule has 0 unspecified atom stereocenters. The summed E-state index contributed by atoms with van der Waals surface area (Å²) < 4.78 is 5.77. The summed E-state index contributed by atoms with van der Waals surface area (Å²) in [5.74, 6) is 0.817. The zero-order chi connectivity index (χ0) is 12.8. The van der Waals surface area contributed by atoms with E-state index in [9.17, 15) is 0 Å². The molecule has 0 saturated carbocycles. The van der Waals surface area contributed by atoms with Gasteiger partial charge in [0.05, 0.1) is 17.8 Å². The lowest BCUT2D eigenvalue weighted by atomic mass is 10.3. The Morgan fingerprint density at radius 3 is 2.88 bits per heavy atom. The van der Waals surface area contributed by atoms with Gasteiger partial charge in [0.1, 0.15) is 0 Å². The first kappa shape index (κ1) is 14.1. The van der Waals surface area contributed by atoms with Crippen LogP contribution in [0.2, 0.25) is 0 Å². The molecule has 0 saturated heterocycles. The third-order valence-electron chi connectivity index (χ3n) is 1.86. The van der Waals surface area contributed by atoms with E-state index in [1.54, 1.807) is 26.3 Å². The molecule has 0 aliphatic heterocycles. The molecule has 0 atom stereocenters. The molecule has 0 fully saturated rings. The minimum absolute atomic E-state index is 0.357. The van der Waals surface area contributed by atoms with Crippen molar-refractivity contribution in [2.45, 2.75) is 20.3 Å². The summed E-state index contributed by atoms with van der Waals surface area (Å²) in [6.07, 6.45) is 4.15. The van der Waals surface area contributed by atoms with Gasteiger partial charge in [-0.05, 0) is 35.4 Å². The van der Waals surface area contributed by atoms with E-state index in [1.807, 2.05) is 6.92 Å². The molecule has 4 nitrogen and oxygen atoms in total. The van der Waals surface area contributed by atoms with E-state index >= 15 is 0 Å². The maximum Gasteiger partial charge on any atom is 0.252 e. The molecule has 1 aromatic rings. The van der Waals surface area contributed by atoms with Crippen molar-refractivity contribution in [2.75, 3.05) is 7.11 Å². The maximum absolute atomic E-state index is 5.81. The van der Waals surface area contributed by atoms with E-state index in [0.29, 0.717) is 21.3 Å². The smallest absolute Gasteiger partial charge is 0.252 e. The second kappa shape index (κ2) is 6.71. The van der Waals surface area contributed by atoms with Gasteiger partial charge in [-0.15, -0.1) is 0 Å². The Morgan fingerprint density at radius 1 is 1.65 bits per heavy atom. The van der Waals surface area contributed by atoms with E-state index in [4.69, 9.17) is 16.3 Å². The molecule has 92 valence electrons. The summed E-state index contributed by atoms with van der Waals surface area (Å²) in [5.41, 5.74) is 0.821. The number of rotatable bonds is 4. The predicted molar refractivity (Wildman–Crippen MR) is 73.3 cm³/mol. The Balaban J connectivity index is 3.08. The highest BCUT2D eigenvalue weighted by Gasteiger charge is 2.04. The number of hydrogen-bond donors (Lipinski definition) is 0. The zero-order valence-electron chi connectivity index (χ0n) is 9.87. The lowest BCUT2D eigenvalue weighted by Gasteiger charge is -2.02. The fourth-order valence-corrected chi connectivity index (χ4v) is 1.59. The number of hydrogen-bond acceptors (Lipinski definition) is 4. The van der Waals surface area contributed by atoms with Gasteiger partial charge in [-0.1, -0.05) is 18.5 Å². The molecule has 0 radical (unpaired) electrons. The van der Waals surface area contributed by atoms with Gasteiger partial charge in [-0.25, -0.2) is 9.98 Å². The second-order valence-electron chi connectivity index (χ2n) is 3.22. The van der Waals surface area contributed by atoms with Crippen LogP contribution >= 0.6 is 27.5 Å². The van der Waals surface area contributed by atoms with Crippen LogP contribution < -0.4 is 4.74 Å². The summed E-state index contributed by atoms with van der Waals surface area (Å²) in [5, 5.41) is 0.676. The van der Waals surface area contributed by atoms with Crippen molar-refractivity contribution in [1.82, 2.24) is 9.97 Å². The molecule has 0 aliphatic carbocycles. The van der Waals surface area contributed by atoms with Crippen LogP contribution in [0.4, 0.5) is 5.95 Å². The monoisotopic (exact) mass is 317 g/mol. The van der Waals surface area contributed by atoms with Crippen molar-refractivity contribution in [3.63, 3.8) is 0 Å². The van der Waals surface area contributed by atoms with E-state index in [-0.39, 0.29) is 0 Å². The summed E-state index contributed by atoms with van der Waals surface area (Å²) in [6, 6.07) is 0. The van der Waals surface area contributed by atoms with Crippen LogP contribution in [-0.2, 0) is 0 Å². The summed E-state index contributed by atoms with van der Waals surface area (Å²) >= 11 is 9.09. The molecule has 1 rings (SSSR count). The SMILES string of the molecule is CCC(/C=C(\C)Cl)=Nc1ncc(Br)c(OC)n1. The lowest BCUT2D eigenvalue weighted by molar-refractivity contribution is 0.394. The average molecular weight is 319 g/mol. The number of nitrogens with zero attached hydrogens (tertiary/aromatic N) is 3. The Hall–Kier alpha value is -0.940. The van der Waals surface area contributed by atoms with E-state index < -0.39 is 0 Å². The standard InChI is InChI=1S/C11H13BrClN3O/c1-4-8(5-7(2)13)15-11-14-6-9(12)10(16-11)17-3/h5-6H,4H2,1-3H3/b7-5+,15-8?. The van der Waals surface area contributed by atoms with Crippen molar-refractivity contribution < 1.29 is 4.74 Å². The van der Waals surface area contributed by atoms with Crippen molar-refractivity contribution in [3.05, 3.63) is 21.8 Å². The molecule has 1 heterocycles. The fourth-order valence-electron chi connectivity index (χ4n) is 1.11. The van der Waals surface area contributed by atoms with Gasteiger partial charge < -0.3 is 4.74 Å². The highest BCUT2D eigenvalue weighted by molar-refractivity contribution is 9.10. The van der Waals surface area contributed by atoms with Gasteiger partial charge in [0.25, 0.3) is 5.95 Å². The van der Waals surface area contributed by atoms with Gasteiger partial charge >= 0.3 is 0 Å². The first-order valence-electron chi connectivity index (χ1n) is 5.04. The summed E-state index contributed by atoms with van der Waals surface area (Å²) in [6.45, 7) is 3.79. The highest BCUT2D eigenvalue weighted by atomic mass is 79.9. The molecule has 17 heavy (non-hydrogen) atoms. The van der Waals surface area contributed by atoms with Crippen molar-refractivity contribution in [2.24, 2.45) is 4.99 Å². The van der Waals surface area contributed by atoms with Crippen LogP contribution in [0, 0.1) is 0 Å². The number of aromatic nitrogens is 2. The Bertz CT molecular complexity index is 456. The van der Waals surface area contributed by atoms with Gasteiger partial charge in [0, 0.05) is 10.7 Å². The molecule has 0 spiro atoms. The quantitative estimate of drug-likeness (QED) is 0.792. The van der Waals surface area contributed by atoms with Crippen LogP contribution in [-0.4, -0.2) is 22.8 Å². The van der Waals surface area contributed by atoms with E-state index in [2.05, 4.69) is 30.9 Å².